The van der Waals surface area contributed by atoms with Gasteiger partial charge in [0.25, 0.3) is 11.8 Å². The number of nitrogens with one attached hydrogen (secondary N) is 1. The molecule has 1 aromatic heterocycles. The van der Waals surface area contributed by atoms with Crippen LogP contribution in [0.2, 0.25) is 0 Å². The zero-order valence-corrected chi connectivity index (χ0v) is 23.5. The fraction of sp³-hybridized carbons (Fsp3) is 0.500. The number of halogens is 2. The van der Waals surface area contributed by atoms with Gasteiger partial charge in [0.2, 0.25) is 0 Å². The molecule has 1 aliphatic carbocycles. The number of rotatable bonds is 11. The minimum atomic E-state index is -4.08. The minimum absolute atomic E-state index is 0.100. The van der Waals surface area contributed by atoms with Gasteiger partial charge in [-0.25, -0.2) is 8.42 Å². The molecule has 41 heavy (non-hydrogen) atoms. The summed E-state index contributed by atoms with van der Waals surface area (Å²) in [5.41, 5.74) is 10.4. The number of amides is 2. The normalized spacial score (nSPS) is 16.4. The Balaban J connectivity index is 1.47. The summed E-state index contributed by atoms with van der Waals surface area (Å²) in [5.74, 6) is -0.952. The molecule has 2 amide bonds. The lowest BCUT2D eigenvalue weighted by atomic mass is 10.0. The lowest BCUT2D eigenvalue weighted by Crippen LogP contribution is -2.52. The van der Waals surface area contributed by atoms with E-state index in [-0.39, 0.29) is 56.5 Å². The van der Waals surface area contributed by atoms with E-state index in [9.17, 15) is 26.8 Å². The summed E-state index contributed by atoms with van der Waals surface area (Å²) >= 11 is 0. The summed E-state index contributed by atoms with van der Waals surface area (Å²) < 4.78 is 57.2. The molecule has 1 saturated carbocycles. The number of fused-ring (bicyclic) bond motifs is 1. The standard InChI is InChI=1S/C26H29F2N7O5S/c1-24(2,16-40-26(27,28)14-32-30)41(38,39)25(9-10-25)15-35-11-8-19-20(33-34(3)21(19)23(35)37)22(36)31-13-18-6-4-17(12-29)5-7-18/h4-7,14H,8-11,13,15-16H2,1-3H3,(H,31,36). The van der Waals surface area contributed by atoms with Crippen LogP contribution in [0, 0.1) is 11.3 Å². The highest BCUT2D eigenvalue weighted by molar-refractivity contribution is 7.94. The monoisotopic (exact) mass is 589 g/mol. The van der Waals surface area contributed by atoms with Gasteiger partial charge in [-0.1, -0.05) is 12.1 Å². The first-order valence-corrected chi connectivity index (χ1v) is 14.2. The zero-order chi connectivity index (χ0) is 30.2. The first-order valence-electron chi connectivity index (χ1n) is 12.7. The van der Waals surface area contributed by atoms with E-state index in [1.54, 1.807) is 24.3 Å². The van der Waals surface area contributed by atoms with E-state index in [4.69, 9.17) is 10.8 Å². The van der Waals surface area contributed by atoms with Crippen LogP contribution < -0.4 is 5.32 Å². The van der Waals surface area contributed by atoms with Crippen molar-refractivity contribution in [2.24, 2.45) is 7.05 Å². The van der Waals surface area contributed by atoms with Crippen LogP contribution in [0.15, 0.2) is 24.3 Å². The molecule has 1 fully saturated rings. The van der Waals surface area contributed by atoms with Crippen molar-refractivity contribution in [1.82, 2.24) is 20.0 Å². The van der Waals surface area contributed by atoms with Crippen LogP contribution in [-0.2, 0) is 34.6 Å². The van der Waals surface area contributed by atoms with Crippen LogP contribution in [0.4, 0.5) is 8.78 Å². The van der Waals surface area contributed by atoms with Gasteiger partial charge >= 0.3 is 12.3 Å². The van der Waals surface area contributed by atoms with Gasteiger partial charge < -0.3 is 20.5 Å². The second-order valence-electron chi connectivity index (χ2n) is 10.8. The number of nitrogens with zero attached hydrogens (tertiary/aromatic N) is 6. The zero-order valence-electron chi connectivity index (χ0n) is 22.7. The van der Waals surface area contributed by atoms with E-state index in [1.165, 1.54) is 30.5 Å². The van der Waals surface area contributed by atoms with Crippen molar-refractivity contribution in [1.29, 1.82) is 5.26 Å². The maximum atomic E-state index is 13.7. The largest absolute Gasteiger partial charge is 0.452 e. The highest BCUT2D eigenvalue weighted by atomic mass is 32.2. The number of hydrogen-bond acceptors (Lipinski definition) is 7. The minimum Gasteiger partial charge on any atom is -0.362 e. The number of alkyl halides is 2. The van der Waals surface area contributed by atoms with Crippen LogP contribution in [0.25, 0.3) is 5.53 Å². The molecular weight excluding hydrogens is 560 g/mol. The van der Waals surface area contributed by atoms with E-state index in [1.807, 2.05) is 6.07 Å². The Hall–Kier alpha value is -3.99. The lowest BCUT2D eigenvalue weighted by Gasteiger charge is -2.35. The average molecular weight is 590 g/mol. The molecule has 1 N–H and O–H groups in total. The Morgan fingerprint density at radius 2 is 1.98 bits per heavy atom. The summed E-state index contributed by atoms with van der Waals surface area (Å²) in [7, 11) is -2.56. The Bertz CT molecular complexity index is 1570. The van der Waals surface area contributed by atoms with Crippen molar-refractivity contribution in [3.63, 3.8) is 0 Å². The van der Waals surface area contributed by atoms with Gasteiger partial charge in [-0.3, -0.25) is 14.3 Å². The summed E-state index contributed by atoms with van der Waals surface area (Å²) in [6, 6.07) is 8.74. The lowest BCUT2D eigenvalue weighted by molar-refractivity contribution is -0.202. The quantitative estimate of drug-likeness (QED) is 0.237. The van der Waals surface area contributed by atoms with Gasteiger partial charge in [0.15, 0.2) is 15.5 Å². The summed E-state index contributed by atoms with van der Waals surface area (Å²) in [4.78, 5) is 30.1. The molecule has 0 atom stereocenters. The molecule has 0 saturated heterocycles. The molecule has 12 nitrogen and oxygen atoms in total. The fourth-order valence-corrected chi connectivity index (χ4v) is 7.26. The highest BCUT2D eigenvalue weighted by Gasteiger charge is 2.61. The van der Waals surface area contributed by atoms with E-state index in [0.29, 0.717) is 11.1 Å². The van der Waals surface area contributed by atoms with Gasteiger partial charge in [-0.15, -0.1) is 0 Å². The average Bonchev–Trinajstić information content (AvgIpc) is 3.64. The van der Waals surface area contributed by atoms with Crippen molar-refractivity contribution < 1.29 is 36.3 Å². The third kappa shape index (κ3) is 5.76. The molecule has 218 valence electrons. The second-order valence-corrected chi connectivity index (χ2v) is 13.8. The SMILES string of the molecule is Cn1nc(C(=O)NCc2ccc(C#N)cc2)c2c1C(=O)N(CC1(S(=O)(=O)C(C)(C)COC(F)(F)C=[N+]=[N-])CC1)CC2. The van der Waals surface area contributed by atoms with Gasteiger partial charge in [0, 0.05) is 32.2 Å². The molecule has 0 unspecified atom stereocenters. The molecule has 0 radical (unpaired) electrons. The Morgan fingerprint density at radius 1 is 1.32 bits per heavy atom. The van der Waals surface area contributed by atoms with Gasteiger partial charge in [0.05, 0.1) is 27.7 Å². The topological polar surface area (TPSA) is 171 Å². The van der Waals surface area contributed by atoms with Gasteiger partial charge in [-0.05, 0) is 50.8 Å². The van der Waals surface area contributed by atoms with Crippen LogP contribution in [0.1, 0.15) is 64.4 Å². The predicted octanol–water partition coefficient (Wildman–Crippen LogP) is 1.86. The number of carbonyl (C=O) groups is 2. The molecule has 2 aromatic rings. The maximum Gasteiger partial charge on any atom is 0.452 e. The third-order valence-electron chi connectivity index (χ3n) is 7.42. The van der Waals surface area contributed by atoms with E-state index >= 15 is 0 Å². The molecule has 2 aliphatic rings. The van der Waals surface area contributed by atoms with Crippen LogP contribution >= 0.6 is 0 Å². The molecule has 2 heterocycles. The van der Waals surface area contributed by atoms with Crippen molar-refractivity contribution in [3.8, 4) is 6.07 Å². The summed E-state index contributed by atoms with van der Waals surface area (Å²) in [6.07, 6.45) is -3.33. The molecule has 0 bridgehead atoms. The Labute approximate surface area is 235 Å². The van der Waals surface area contributed by atoms with Crippen molar-refractivity contribution in [2.45, 2.75) is 55.3 Å². The van der Waals surface area contributed by atoms with Crippen molar-refractivity contribution in [3.05, 3.63) is 57.9 Å². The molecule has 4 rings (SSSR count). The smallest absolute Gasteiger partial charge is 0.362 e. The first-order chi connectivity index (χ1) is 19.2. The third-order valence-corrected chi connectivity index (χ3v) is 10.7. The summed E-state index contributed by atoms with van der Waals surface area (Å²) in [6.45, 7) is 1.87. The van der Waals surface area contributed by atoms with E-state index < -0.39 is 43.9 Å². The molecule has 15 heteroatoms. The van der Waals surface area contributed by atoms with Gasteiger partial charge in [-0.2, -0.15) is 23.9 Å². The Kier molecular flexibility index (Phi) is 7.88. The first kappa shape index (κ1) is 30.0. The molecule has 0 spiro atoms. The number of benzene rings is 1. The number of aryl methyl sites for hydroxylation is 1. The number of sulfone groups is 1. The molecule has 1 aliphatic heterocycles. The number of aromatic nitrogens is 2. The number of carbonyl (C=O) groups excluding carboxylic acids is 2. The number of nitriles is 1. The maximum absolute atomic E-state index is 13.7. The predicted molar refractivity (Wildman–Crippen MR) is 141 cm³/mol. The van der Waals surface area contributed by atoms with E-state index in [0.717, 1.165) is 5.56 Å². The van der Waals surface area contributed by atoms with Crippen LogP contribution in [-0.4, -0.2) is 81.2 Å². The van der Waals surface area contributed by atoms with E-state index in [2.05, 4.69) is 19.9 Å². The second kappa shape index (κ2) is 10.8. The molecular formula is C26H29F2N7O5S. The van der Waals surface area contributed by atoms with Crippen LogP contribution in [0.3, 0.4) is 0 Å². The molecule has 1 aromatic carbocycles. The number of ether oxygens (including phenoxy) is 1. The fourth-order valence-electron chi connectivity index (χ4n) is 4.90. The number of hydrogen-bond donors (Lipinski definition) is 1. The van der Waals surface area contributed by atoms with Crippen molar-refractivity contribution >= 4 is 27.9 Å². The van der Waals surface area contributed by atoms with Crippen molar-refractivity contribution in [2.75, 3.05) is 19.7 Å². The Morgan fingerprint density at radius 3 is 2.56 bits per heavy atom. The summed E-state index contributed by atoms with van der Waals surface area (Å²) in [5, 5.41) is 16.0. The van der Waals surface area contributed by atoms with Crippen LogP contribution in [0.5, 0.6) is 0 Å². The highest BCUT2D eigenvalue weighted by Crippen LogP contribution is 2.49. The van der Waals surface area contributed by atoms with Gasteiger partial charge in [0.1, 0.15) is 5.69 Å².